The molecule has 6 heteroatoms. The first kappa shape index (κ1) is 9.34. The largest absolute Gasteiger partial charge is 0.236 e. The van der Waals surface area contributed by atoms with Crippen LogP contribution in [0.25, 0.3) is 0 Å². The van der Waals surface area contributed by atoms with Crippen molar-refractivity contribution in [2.24, 2.45) is 0 Å². The SMILES string of the molecule is C=CS(=O)(=O)c1nnc(CC)s1. The van der Waals surface area contributed by atoms with E-state index in [1.54, 1.807) is 0 Å². The molecule has 66 valence electrons. The van der Waals surface area contributed by atoms with Gasteiger partial charge < -0.3 is 0 Å². The maximum atomic E-state index is 11.1. The molecule has 1 aromatic heterocycles. The lowest BCUT2D eigenvalue weighted by Crippen LogP contribution is -1.93. The summed E-state index contributed by atoms with van der Waals surface area (Å²) in [6.07, 6.45) is 0.699. The van der Waals surface area contributed by atoms with Crippen LogP contribution < -0.4 is 0 Å². The van der Waals surface area contributed by atoms with Crippen LogP contribution in [0.3, 0.4) is 0 Å². The number of sulfone groups is 1. The van der Waals surface area contributed by atoms with Crippen LogP contribution in [0.5, 0.6) is 0 Å². The highest BCUT2D eigenvalue weighted by Crippen LogP contribution is 2.17. The van der Waals surface area contributed by atoms with Gasteiger partial charge >= 0.3 is 0 Å². The van der Waals surface area contributed by atoms with Crippen LogP contribution in [0.15, 0.2) is 16.3 Å². The number of rotatable bonds is 3. The number of hydrogen-bond donors (Lipinski definition) is 0. The quantitative estimate of drug-likeness (QED) is 0.737. The van der Waals surface area contributed by atoms with Crippen molar-refractivity contribution in [2.45, 2.75) is 17.7 Å². The minimum atomic E-state index is -3.38. The molecule has 0 N–H and O–H groups in total. The first-order valence-electron chi connectivity index (χ1n) is 3.30. The van der Waals surface area contributed by atoms with Crippen molar-refractivity contribution in [3.63, 3.8) is 0 Å². The van der Waals surface area contributed by atoms with Crippen LogP contribution >= 0.6 is 11.3 Å². The lowest BCUT2D eigenvalue weighted by molar-refractivity contribution is 0.602. The molecule has 0 radical (unpaired) electrons. The Morgan fingerprint density at radius 2 is 2.25 bits per heavy atom. The van der Waals surface area contributed by atoms with E-state index in [1.807, 2.05) is 6.92 Å². The van der Waals surface area contributed by atoms with Crippen LogP contribution in [0, 0.1) is 0 Å². The van der Waals surface area contributed by atoms with Gasteiger partial charge in [-0.1, -0.05) is 24.8 Å². The van der Waals surface area contributed by atoms with Crippen molar-refractivity contribution >= 4 is 21.2 Å². The van der Waals surface area contributed by atoms with E-state index in [0.717, 1.165) is 21.8 Å². The third kappa shape index (κ3) is 1.70. The summed E-state index contributed by atoms with van der Waals surface area (Å²) in [5.74, 6) is 0. The zero-order valence-corrected chi connectivity index (χ0v) is 8.15. The molecule has 12 heavy (non-hydrogen) atoms. The van der Waals surface area contributed by atoms with Crippen molar-refractivity contribution in [1.29, 1.82) is 0 Å². The molecule has 0 atom stereocenters. The normalized spacial score (nSPS) is 11.4. The fourth-order valence-corrected chi connectivity index (χ4v) is 2.33. The van der Waals surface area contributed by atoms with E-state index in [4.69, 9.17) is 0 Å². The lowest BCUT2D eigenvalue weighted by atomic mass is 10.5. The van der Waals surface area contributed by atoms with E-state index in [9.17, 15) is 8.42 Å². The Hall–Kier alpha value is -0.750. The Morgan fingerprint density at radius 1 is 1.58 bits per heavy atom. The van der Waals surface area contributed by atoms with Crippen molar-refractivity contribution in [1.82, 2.24) is 10.2 Å². The van der Waals surface area contributed by atoms with Crippen molar-refractivity contribution < 1.29 is 8.42 Å². The first-order chi connectivity index (χ1) is 5.60. The zero-order valence-electron chi connectivity index (χ0n) is 6.52. The molecular formula is C6H8N2O2S2. The smallest absolute Gasteiger partial charge is 0.217 e. The summed E-state index contributed by atoms with van der Waals surface area (Å²) in [7, 11) is -3.38. The molecule has 0 unspecified atom stereocenters. The summed E-state index contributed by atoms with van der Waals surface area (Å²) in [6, 6.07) is 0. The van der Waals surface area contributed by atoms with Gasteiger partial charge in [-0.05, 0) is 6.42 Å². The predicted octanol–water partition coefficient (Wildman–Crippen LogP) is 1.02. The van der Waals surface area contributed by atoms with E-state index >= 15 is 0 Å². The number of nitrogens with zero attached hydrogens (tertiary/aromatic N) is 2. The van der Waals surface area contributed by atoms with Crippen LogP contribution in [0.2, 0.25) is 0 Å². The van der Waals surface area contributed by atoms with Gasteiger partial charge in [-0.2, -0.15) is 0 Å². The van der Waals surface area contributed by atoms with E-state index < -0.39 is 9.84 Å². The minimum Gasteiger partial charge on any atom is -0.217 e. The molecule has 0 aliphatic carbocycles. The van der Waals surface area contributed by atoms with Gasteiger partial charge in [-0.15, -0.1) is 10.2 Å². The molecule has 1 heterocycles. The Morgan fingerprint density at radius 3 is 2.67 bits per heavy atom. The Balaban J connectivity index is 3.13. The molecule has 0 amide bonds. The number of aromatic nitrogens is 2. The Kier molecular flexibility index (Phi) is 2.58. The number of aryl methyl sites for hydroxylation is 1. The molecule has 0 bridgehead atoms. The van der Waals surface area contributed by atoms with Gasteiger partial charge in [0.05, 0.1) is 0 Å². The van der Waals surface area contributed by atoms with Gasteiger partial charge in [0.2, 0.25) is 14.2 Å². The summed E-state index contributed by atoms with van der Waals surface area (Å²) in [5.41, 5.74) is 0. The first-order valence-corrected chi connectivity index (χ1v) is 5.66. The molecule has 0 saturated heterocycles. The summed E-state index contributed by atoms with van der Waals surface area (Å²) in [5, 5.41) is 8.83. The van der Waals surface area contributed by atoms with Gasteiger partial charge in [-0.25, -0.2) is 8.42 Å². The van der Waals surface area contributed by atoms with Crippen LogP contribution in [0.4, 0.5) is 0 Å². The second kappa shape index (κ2) is 3.32. The monoisotopic (exact) mass is 204 g/mol. The van der Waals surface area contributed by atoms with Crippen molar-refractivity contribution in [3.05, 3.63) is 17.0 Å². The van der Waals surface area contributed by atoms with Gasteiger partial charge in [-0.3, -0.25) is 0 Å². The van der Waals surface area contributed by atoms with Gasteiger partial charge in [0.25, 0.3) is 0 Å². The predicted molar refractivity (Wildman–Crippen MR) is 46.7 cm³/mol. The summed E-state index contributed by atoms with van der Waals surface area (Å²) >= 11 is 1.08. The highest BCUT2D eigenvalue weighted by Gasteiger charge is 2.15. The molecule has 0 spiro atoms. The number of hydrogen-bond acceptors (Lipinski definition) is 5. The third-order valence-electron chi connectivity index (χ3n) is 1.21. The van der Waals surface area contributed by atoms with Crippen LogP contribution in [-0.4, -0.2) is 18.6 Å². The molecule has 1 rings (SSSR count). The standard InChI is InChI=1S/C6H8N2O2S2/c1-3-5-7-8-6(11-5)12(9,10)4-2/h4H,2-3H2,1H3. The Labute approximate surface area is 74.9 Å². The van der Waals surface area contributed by atoms with E-state index in [1.165, 1.54) is 0 Å². The fourth-order valence-electron chi connectivity index (χ4n) is 0.567. The summed E-state index contributed by atoms with van der Waals surface area (Å²) in [4.78, 5) is 0. The molecule has 0 saturated carbocycles. The summed E-state index contributed by atoms with van der Waals surface area (Å²) < 4.78 is 22.3. The molecule has 0 aromatic carbocycles. The Bertz CT molecular complexity index is 380. The van der Waals surface area contributed by atoms with Crippen molar-refractivity contribution in [2.75, 3.05) is 0 Å². The van der Waals surface area contributed by atoms with Gasteiger partial charge in [0.1, 0.15) is 5.01 Å². The van der Waals surface area contributed by atoms with E-state index in [2.05, 4.69) is 16.8 Å². The van der Waals surface area contributed by atoms with Gasteiger partial charge in [0, 0.05) is 5.41 Å². The minimum absolute atomic E-state index is 0.0225. The van der Waals surface area contributed by atoms with E-state index in [-0.39, 0.29) is 4.34 Å². The zero-order chi connectivity index (χ0) is 9.19. The highest BCUT2D eigenvalue weighted by atomic mass is 32.2. The molecule has 1 aromatic rings. The lowest BCUT2D eigenvalue weighted by Gasteiger charge is -1.86. The average Bonchev–Trinajstić information content (AvgIpc) is 2.52. The highest BCUT2D eigenvalue weighted by molar-refractivity contribution is 7.96. The molecule has 4 nitrogen and oxygen atoms in total. The topological polar surface area (TPSA) is 59.9 Å². The fraction of sp³-hybridized carbons (Fsp3) is 0.333. The maximum absolute atomic E-state index is 11.1. The molecular weight excluding hydrogens is 196 g/mol. The second-order valence-electron chi connectivity index (χ2n) is 2.03. The van der Waals surface area contributed by atoms with Gasteiger partial charge in [0.15, 0.2) is 0 Å². The van der Waals surface area contributed by atoms with Crippen LogP contribution in [-0.2, 0) is 16.3 Å². The van der Waals surface area contributed by atoms with Crippen molar-refractivity contribution in [3.8, 4) is 0 Å². The second-order valence-corrected chi connectivity index (χ2v) is 5.16. The average molecular weight is 204 g/mol. The summed E-state index contributed by atoms with van der Waals surface area (Å²) in [6.45, 7) is 5.09. The van der Waals surface area contributed by atoms with E-state index in [0.29, 0.717) is 6.42 Å². The molecule has 0 aliphatic heterocycles. The van der Waals surface area contributed by atoms with Crippen LogP contribution in [0.1, 0.15) is 11.9 Å². The maximum Gasteiger partial charge on any atom is 0.236 e. The molecule has 0 fully saturated rings. The third-order valence-corrected chi connectivity index (χ3v) is 4.03. The molecule has 0 aliphatic rings.